The summed E-state index contributed by atoms with van der Waals surface area (Å²) in [5.74, 6) is 1.77. The summed E-state index contributed by atoms with van der Waals surface area (Å²) in [4.78, 5) is 16.0. The average molecular weight is 1100 g/mol. The zero-order valence-corrected chi connectivity index (χ0v) is 46.8. The van der Waals surface area contributed by atoms with E-state index >= 15 is 0 Å². The van der Waals surface area contributed by atoms with E-state index in [0.717, 1.165) is 94.6 Å². The van der Waals surface area contributed by atoms with Crippen LogP contribution in [0.5, 0.6) is 0 Å². The Morgan fingerprint density at radius 1 is 0.174 bits per heavy atom. The number of fused-ring (bicyclic) bond motifs is 6. The van der Waals surface area contributed by atoms with Crippen LogP contribution < -0.4 is 0 Å². The highest BCUT2D eigenvalue weighted by atomic mass is 15.0. The molecule has 5 heteroatoms. The Bertz CT molecular complexity index is 4820. The molecule has 0 atom stereocenters. The second kappa shape index (κ2) is 21.3. The standard InChI is InChI=1S/C81H53N5/c1-4-22-54(23-5-1)57-28-18-30-59(48-57)61-44-46-67(77(52-61)85-73-40-14-10-36-69(73)70-37-11-15-41-74(70)85)63-32-20-34-65(50-63)80-82-79(56-26-8-3-9-27-56)83-81(84-80)66-35-21-33-64(51-66)68-47-45-62(60-31-19-29-58(49-60)55-24-6-2-7-25-55)53-78(68)86-75-42-16-12-38-71(75)72-39-13-17-43-76(72)86/h1-53H. The van der Waals surface area contributed by atoms with Crippen molar-refractivity contribution < 1.29 is 0 Å². The Labute approximate surface area is 498 Å². The van der Waals surface area contributed by atoms with Gasteiger partial charge in [-0.3, -0.25) is 0 Å². The van der Waals surface area contributed by atoms with Crippen LogP contribution >= 0.6 is 0 Å². The van der Waals surface area contributed by atoms with Crippen LogP contribution in [0.2, 0.25) is 0 Å². The molecule has 0 N–H and O–H groups in total. The molecule has 5 nitrogen and oxygen atoms in total. The third-order valence-electron chi connectivity index (χ3n) is 16.8. The maximum atomic E-state index is 5.42. The van der Waals surface area contributed by atoms with E-state index in [1.54, 1.807) is 0 Å². The normalized spacial score (nSPS) is 11.5. The van der Waals surface area contributed by atoms with Crippen LogP contribution in [-0.2, 0) is 0 Å². The summed E-state index contributed by atoms with van der Waals surface area (Å²) < 4.78 is 4.87. The Balaban J connectivity index is 0.845. The predicted molar refractivity (Wildman–Crippen MR) is 357 cm³/mol. The predicted octanol–water partition coefficient (Wildman–Crippen LogP) is 21.1. The van der Waals surface area contributed by atoms with Crippen molar-refractivity contribution in [1.29, 1.82) is 0 Å². The fraction of sp³-hybridized carbons (Fsp3) is 0. The molecule has 16 rings (SSSR count). The SMILES string of the molecule is c1ccc(-c2cccc(-c3ccc(-c4cccc(-c5nc(-c6ccccc6)nc(-c6cccc(-c7ccc(-c8cccc(-c9ccccc9)c8)cc7-n7c8ccccc8c8ccccc87)c6)n5)c4)c(-n4c5ccccc5c5ccccc54)c3)c2)cc1. The van der Waals surface area contributed by atoms with Crippen molar-refractivity contribution in [3.05, 3.63) is 322 Å². The summed E-state index contributed by atoms with van der Waals surface area (Å²) in [6.45, 7) is 0. The molecule has 0 aliphatic carbocycles. The lowest BCUT2D eigenvalue weighted by molar-refractivity contribution is 1.07. The summed E-state index contributed by atoms with van der Waals surface area (Å²) >= 11 is 0. The van der Waals surface area contributed by atoms with Crippen LogP contribution in [0.25, 0.3) is 156 Å². The van der Waals surface area contributed by atoms with E-state index in [-0.39, 0.29) is 0 Å². The van der Waals surface area contributed by atoms with Gasteiger partial charge in [0.25, 0.3) is 0 Å². The first-order chi connectivity index (χ1) is 42.6. The van der Waals surface area contributed by atoms with Crippen LogP contribution in [0, 0.1) is 0 Å². The first-order valence-electron chi connectivity index (χ1n) is 29.2. The number of benzene rings is 13. The molecular formula is C81H53N5. The van der Waals surface area contributed by atoms with Gasteiger partial charge >= 0.3 is 0 Å². The number of hydrogen-bond donors (Lipinski definition) is 0. The Morgan fingerprint density at radius 2 is 0.430 bits per heavy atom. The summed E-state index contributed by atoms with van der Waals surface area (Å²) in [6.07, 6.45) is 0. The van der Waals surface area contributed by atoms with Crippen LogP contribution in [0.3, 0.4) is 0 Å². The number of para-hydroxylation sites is 4. The average Bonchev–Trinajstić information content (AvgIpc) is 2.41. The van der Waals surface area contributed by atoms with E-state index in [1.807, 2.05) is 18.2 Å². The number of nitrogens with zero attached hydrogens (tertiary/aromatic N) is 5. The molecule has 0 unspecified atom stereocenters. The third-order valence-corrected chi connectivity index (χ3v) is 16.8. The van der Waals surface area contributed by atoms with Crippen LogP contribution in [0.4, 0.5) is 0 Å². The van der Waals surface area contributed by atoms with Crippen molar-refractivity contribution in [3.63, 3.8) is 0 Å². The lowest BCUT2D eigenvalue weighted by Gasteiger charge is -2.17. The molecule has 0 bridgehead atoms. The molecule has 0 amide bonds. The van der Waals surface area contributed by atoms with Crippen molar-refractivity contribution in [2.45, 2.75) is 0 Å². The second-order valence-corrected chi connectivity index (χ2v) is 21.9. The minimum absolute atomic E-state index is 0.585. The van der Waals surface area contributed by atoms with Gasteiger partial charge in [0.15, 0.2) is 17.5 Å². The highest BCUT2D eigenvalue weighted by Gasteiger charge is 2.21. The zero-order chi connectivity index (χ0) is 56.9. The lowest BCUT2D eigenvalue weighted by atomic mass is 9.94. The van der Waals surface area contributed by atoms with E-state index in [2.05, 4.69) is 312 Å². The summed E-state index contributed by atoms with van der Waals surface area (Å²) in [7, 11) is 0. The number of rotatable bonds is 11. The molecule has 0 aliphatic rings. The largest absolute Gasteiger partial charge is 0.309 e. The van der Waals surface area contributed by atoms with Crippen LogP contribution in [0.1, 0.15) is 0 Å². The number of hydrogen-bond acceptors (Lipinski definition) is 3. The van der Waals surface area contributed by atoms with E-state index < -0.39 is 0 Å². The highest BCUT2D eigenvalue weighted by Crippen LogP contribution is 2.43. The van der Waals surface area contributed by atoms with Gasteiger partial charge in [-0.05, 0) is 116 Å². The fourth-order valence-electron chi connectivity index (χ4n) is 12.7. The minimum Gasteiger partial charge on any atom is -0.309 e. The van der Waals surface area contributed by atoms with E-state index in [1.165, 1.54) is 43.8 Å². The van der Waals surface area contributed by atoms with Gasteiger partial charge < -0.3 is 9.13 Å². The zero-order valence-electron chi connectivity index (χ0n) is 46.8. The summed E-state index contributed by atoms with van der Waals surface area (Å²) in [5, 5.41) is 4.83. The first kappa shape index (κ1) is 50.2. The monoisotopic (exact) mass is 1100 g/mol. The maximum absolute atomic E-state index is 5.42. The van der Waals surface area contributed by atoms with Gasteiger partial charge in [-0.2, -0.15) is 0 Å². The van der Waals surface area contributed by atoms with Gasteiger partial charge in [0.05, 0.1) is 33.4 Å². The molecule has 0 fully saturated rings. The van der Waals surface area contributed by atoms with Gasteiger partial charge in [-0.1, -0.05) is 261 Å². The molecule has 16 aromatic rings. The molecule has 86 heavy (non-hydrogen) atoms. The third kappa shape index (κ3) is 9.03. The van der Waals surface area contributed by atoms with E-state index in [9.17, 15) is 0 Å². The minimum atomic E-state index is 0.585. The fourth-order valence-corrected chi connectivity index (χ4v) is 12.7. The topological polar surface area (TPSA) is 48.5 Å². The van der Waals surface area contributed by atoms with Crippen molar-refractivity contribution in [3.8, 4) is 112 Å². The van der Waals surface area contributed by atoms with Gasteiger partial charge in [0, 0.05) is 49.4 Å². The van der Waals surface area contributed by atoms with E-state index in [0.29, 0.717) is 17.5 Å². The summed E-state index contributed by atoms with van der Waals surface area (Å²) in [6, 6.07) is 115. The van der Waals surface area contributed by atoms with Crippen LogP contribution in [-0.4, -0.2) is 24.1 Å². The van der Waals surface area contributed by atoms with Crippen molar-refractivity contribution >= 4 is 43.6 Å². The molecule has 0 spiro atoms. The Kier molecular flexibility index (Phi) is 12.5. The molecule has 0 saturated carbocycles. The smallest absolute Gasteiger partial charge is 0.164 e. The van der Waals surface area contributed by atoms with Crippen LogP contribution in [0.15, 0.2) is 322 Å². The molecule has 0 aliphatic heterocycles. The molecule has 3 aromatic heterocycles. The Morgan fingerprint density at radius 3 is 0.802 bits per heavy atom. The molecule has 0 radical (unpaired) electrons. The lowest BCUT2D eigenvalue weighted by Crippen LogP contribution is -2.01. The maximum Gasteiger partial charge on any atom is 0.164 e. The van der Waals surface area contributed by atoms with Gasteiger partial charge in [0.2, 0.25) is 0 Å². The molecule has 402 valence electrons. The van der Waals surface area contributed by atoms with Gasteiger partial charge in [-0.25, -0.2) is 15.0 Å². The first-order valence-corrected chi connectivity index (χ1v) is 29.2. The second-order valence-electron chi connectivity index (χ2n) is 21.9. The molecule has 3 heterocycles. The van der Waals surface area contributed by atoms with Crippen molar-refractivity contribution in [1.82, 2.24) is 24.1 Å². The van der Waals surface area contributed by atoms with Gasteiger partial charge in [-0.15, -0.1) is 0 Å². The van der Waals surface area contributed by atoms with Crippen molar-refractivity contribution in [2.75, 3.05) is 0 Å². The quantitative estimate of drug-likeness (QED) is 0.130. The van der Waals surface area contributed by atoms with Gasteiger partial charge in [0.1, 0.15) is 0 Å². The number of aromatic nitrogens is 5. The Hall–Kier alpha value is -11.5. The summed E-state index contributed by atoms with van der Waals surface area (Å²) in [5.41, 5.74) is 22.9. The highest BCUT2D eigenvalue weighted by molar-refractivity contribution is 6.11. The molecule has 0 saturated heterocycles. The molecule has 13 aromatic carbocycles. The molecular weight excluding hydrogens is 1040 g/mol. The van der Waals surface area contributed by atoms with E-state index in [4.69, 9.17) is 15.0 Å². The van der Waals surface area contributed by atoms with Crippen molar-refractivity contribution in [2.24, 2.45) is 0 Å².